The molecule has 1 aliphatic rings. The second kappa shape index (κ2) is 13.2. The predicted molar refractivity (Wildman–Crippen MR) is 142 cm³/mol. The highest BCUT2D eigenvalue weighted by Crippen LogP contribution is 2.50. The zero-order chi connectivity index (χ0) is 20.6. The molecule has 162 valence electrons. The average Bonchev–Trinajstić information content (AvgIpc) is 3.05. The third-order valence-electron chi connectivity index (χ3n) is 7.04. The minimum absolute atomic E-state index is 0.233. The Hall–Kier alpha value is 1.75. The molecule has 0 aromatic carbocycles. The number of hydrogen-bond acceptors (Lipinski definition) is 0. The minimum atomic E-state index is 0.233. The van der Waals surface area contributed by atoms with E-state index in [1.54, 1.807) is 0 Å². The zero-order valence-electron chi connectivity index (χ0n) is 18.7. The van der Waals surface area contributed by atoms with Crippen LogP contribution in [0.4, 0.5) is 0 Å². The van der Waals surface area contributed by atoms with E-state index in [0.29, 0.717) is 7.85 Å². The summed E-state index contributed by atoms with van der Waals surface area (Å²) in [7, 11) is 0. The first kappa shape index (κ1) is 26.8. The van der Waals surface area contributed by atoms with E-state index in [0.717, 1.165) is 23.7 Å². The summed E-state index contributed by atoms with van der Waals surface area (Å²) in [6.07, 6.45) is 14.2. The van der Waals surface area contributed by atoms with Crippen LogP contribution in [0, 0.1) is 35.0 Å². The summed E-state index contributed by atoms with van der Waals surface area (Å²) >= 11 is 12.3. The molecule has 0 aromatic rings. The van der Waals surface area contributed by atoms with Crippen molar-refractivity contribution in [2.45, 2.75) is 113 Å². The number of rotatable bonds is 13. The van der Waals surface area contributed by atoms with Crippen LogP contribution < -0.4 is 0 Å². The van der Waals surface area contributed by atoms with Gasteiger partial charge in [-0.15, -0.1) is 11.6 Å². The van der Waals surface area contributed by atoms with Gasteiger partial charge in [0, 0.05) is 5.38 Å². The Morgan fingerprint density at radius 3 is 2.00 bits per heavy atom. The molecule has 1 fully saturated rings. The lowest BCUT2D eigenvalue weighted by Gasteiger charge is -2.47. The molecule has 4 unspecified atom stereocenters. The molecule has 1 saturated carbocycles. The van der Waals surface area contributed by atoms with E-state index >= 15 is 0 Å². The Morgan fingerprint density at radius 2 is 1.56 bits per heavy atom. The smallest absolute Gasteiger partial charge is 0.0657 e. The SMILES string of the molecule is CC(C)CC(C(I)I)C(CCCCC1CCCC1)C(C)(CC(C)C)C(C)Cl. The number of hydrogen-bond donors (Lipinski definition) is 0. The van der Waals surface area contributed by atoms with Gasteiger partial charge in [-0.2, -0.15) is 0 Å². The van der Waals surface area contributed by atoms with Crippen molar-refractivity contribution in [1.82, 2.24) is 0 Å². The topological polar surface area (TPSA) is 0 Å². The van der Waals surface area contributed by atoms with E-state index < -0.39 is 0 Å². The highest BCUT2D eigenvalue weighted by molar-refractivity contribution is 14.2. The van der Waals surface area contributed by atoms with Crippen molar-refractivity contribution in [3.63, 3.8) is 0 Å². The molecular formula is C24H45ClI2. The van der Waals surface area contributed by atoms with Crippen LogP contribution in [0.3, 0.4) is 0 Å². The summed E-state index contributed by atoms with van der Waals surface area (Å²) < 4.78 is 0.685. The molecule has 0 N–H and O–H groups in total. The van der Waals surface area contributed by atoms with Crippen molar-refractivity contribution < 1.29 is 0 Å². The molecule has 0 heterocycles. The van der Waals surface area contributed by atoms with Crippen LogP contribution in [0.2, 0.25) is 0 Å². The van der Waals surface area contributed by atoms with Crippen molar-refractivity contribution in [3.05, 3.63) is 0 Å². The fraction of sp³-hybridized carbons (Fsp3) is 1.00. The van der Waals surface area contributed by atoms with E-state index in [4.69, 9.17) is 11.6 Å². The fourth-order valence-corrected chi connectivity index (χ4v) is 7.45. The lowest BCUT2D eigenvalue weighted by atomic mass is 9.62. The molecule has 0 bridgehead atoms. The molecule has 0 spiro atoms. The molecule has 0 radical (unpaired) electrons. The zero-order valence-corrected chi connectivity index (χ0v) is 23.8. The normalized spacial score (nSPS) is 21.8. The highest BCUT2D eigenvalue weighted by Gasteiger charge is 2.44. The van der Waals surface area contributed by atoms with E-state index in [-0.39, 0.29) is 10.8 Å². The highest BCUT2D eigenvalue weighted by atomic mass is 127. The van der Waals surface area contributed by atoms with Crippen LogP contribution >= 0.6 is 56.8 Å². The van der Waals surface area contributed by atoms with Gasteiger partial charge < -0.3 is 0 Å². The predicted octanol–water partition coefficient (Wildman–Crippen LogP) is 9.89. The Kier molecular flexibility index (Phi) is 13.1. The first-order chi connectivity index (χ1) is 12.6. The number of unbranched alkanes of at least 4 members (excludes halogenated alkanes) is 1. The number of halogens is 3. The second-order valence-corrected chi connectivity index (χ2v) is 16.1. The van der Waals surface area contributed by atoms with Crippen LogP contribution in [0.15, 0.2) is 0 Å². The average molecular weight is 623 g/mol. The summed E-state index contributed by atoms with van der Waals surface area (Å²) in [4.78, 5) is 0. The van der Waals surface area contributed by atoms with Gasteiger partial charge in [-0.05, 0) is 61.2 Å². The molecule has 0 aliphatic heterocycles. The second-order valence-electron chi connectivity index (χ2n) is 10.4. The first-order valence-electron chi connectivity index (χ1n) is 11.5. The van der Waals surface area contributed by atoms with Gasteiger partial charge >= 0.3 is 0 Å². The molecular weight excluding hydrogens is 578 g/mol. The summed E-state index contributed by atoms with van der Waals surface area (Å²) in [6, 6.07) is 0. The lowest BCUT2D eigenvalue weighted by Crippen LogP contribution is -2.42. The van der Waals surface area contributed by atoms with E-state index in [1.807, 2.05) is 0 Å². The van der Waals surface area contributed by atoms with Gasteiger partial charge in [0.05, 0.1) is 1.93 Å². The molecule has 3 heteroatoms. The summed E-state index contributed by atoms with van der Waals surface area (Å²) in [5.74, 6) is 4.00. The van der Waals surface area contributed by atoms with Gasteiger partial charge in [0.1, 0.15) is 0 Å². The van der Waals surface area contributed by atoms with Crippen LogP contribution in [-0.2, 0) is 0 Å². The molecule has 4 atom stereocenters. The van der Waals surface area contributed by atoms with Gasteiger partial charge in [-0.1, -0.05) is 125 Å². The summed E-state index contributed by atoms with van der Waals surface area (Å²) in [5, 5.41) is 0.237. The molecule has 1 aliphatic carbocycles. The standard InChI is InChI=1S/C24H45ClI2/c1-17(2)15-21(23(26)27)22(24(6,19(5)25)16-18(3)4)14-10-9-13-20-11-7-8-12-20/h17-23H,7-16H2,1-6H3. The molecule has 0 nitrogen and oxygen atoms in total. The van der Waals surface area contributed by atoms with Crippen molar-refractivity contribution in [1.29, 1.82) is 0 Å². The molecule has 0 amide bonds. The van der Waals surface area contributed by atoms with Gasteiger partial charge in [0.15, 0.2) is 0 Å². The summed E-state index contributed by atoms with van der Waals surface area (Å²) in [6.45, 7) is 14.3. The largest absolute Gasteiger partial charge is 0.123 e. The van der Waals surface area contributed by atoms with Crippen molar-refractivity contribution in [3.8, 4) is 0 Å². The van der Waals surface area contributed by atoms with E-state index in [1.165, 1.54) is 64.2 Å². The third-order valence-corrected chi connectivity index (χ3v) is 9.39. The van der Waals surface area contributed by atoms with Crippen molar-refractivity contribution >= 4 is 56.8 Å². The van der Waals surface area contributed by atoms with Crippen molar-refractivity contribution in [2.24, 2.45) is 35.0 Å². The van der Waals surface area contributed by atoms with Crippen LogP contribution in [0.5, 0.6) is 0 Å². The van der Waals surface area contributed by atoms with E-state index in [2.05, 4.69) is 86.7 Å². The maximum Gasteiger partial charge on any atom is 0.0657 e. The summed E-state index contributed by atoms with van der Waals surface area (Å²) in [5.41, 5.74) is 0.233. The Balaban J connectivity index is 2.90. The maximum atomic E-state index is 6.92. The Bertz CT molecular complexity index is 388. The van der Waals surface area contributed by atoms with E-state index in [9.17, 15) is 0 Å². The Morgan fingerprint density at radius 1 is 0.963 bits per heavy atom. The third kappa shape index (κ3) is 9.19. The Labute approximate surface area is 203 Å². The molecule has 1 rings (SSSR count). The molecule has 27 heavy (non-hydrogen) atoms. The van der Waals surface area contributed by atoms with Gasteiger partial charge in [0.25, 0.3) is 0 Å². The van der Waals surface area contributed by atoms with Gasteiger partial charge in [0.2, 0.25) is 0 Å². The quantitative estimate of drug-likeness (QED) is 0.109. The van der Waals surface area contributed by atoms with Crippen molar-refractivity contribution in [2.75, 3.05) is 0 Å². The van der Waals surface area contributed by atoms with Crippen LogP contribution in [0.25, 0.3) is 0 Å². The lowest BCUT2D eigenvalue weighted by molar-refractivity contribution is 0.0775. The number of alkyl halides is 3. The molecule has 0 saturated heterocycles. The maximum absolute atomic E-state index is 6.92. The van der Waals surface area contributed by atoms with Gasteiger partial charge in [-0.25, -0.2) is 0 Å². The van der Waals surface area contributed by atoms with Crippen LogP contribution in [-0.4, -0.2) is 7.31 Å². The first-order valence-corrected chi connectivity index (χ1v) is 14.4. The van der Waals surface area contributed by atoms with Gasteiger partial charge in [-0.3, -0.25) is 0 Å². The minimum Gasteiger partial charge on any atom is -0.123 e. The molecule has 0 aromatic heterocycles. The fourth-order valence-electron chi connectivity index (χ4n) is 5.60. The monoisotopic (exact) mass is 622 g/mol. The van der Waals surface area contributed by atoms with Crippen LogP contribution in [0.1, 0.15) is 106 Å².